The highest BCUT2D eigenvalue weighted by Gasteiger charge is 2.36. The summed E-state index contributed by atoms with van der Waals surface area (Å²) in [6, 6.07) is 1.96. The lowest BCUT2D eigenvalue weighted by Crippen LogP contribution is -2.44. The van der Waals surface area contributed by atoms with E-state index < -0.39 is 11.6 Å². The molecule has 2 amide bonds. The summed E-state index contributed by atoms with van der Waals surface area (Å²) in [4.78, 5) is 18.6. The first kappa shape index (κ1) is 15.5. The minimum Gasteiger partial charge on any atom is -0.328 e. The Morgan fingerprint density at radius 2 is 2.21 bits per heavy atom. The van der Waals surface area contributed by atoms with Gasteiger partial charge in [-0.3, -0.25) is 0 Å². The van der Waals surface area contributed by atoms with Gasteiger partial charge < -0.3 is 10.2 Å². The first-order valence-electron chi connectivity index (χ1n) is 8.03. The molecule has 4 nitrogen and oxygen atoms in total. The van der Waals surface area contributed by atoms with Crippen LogP contribution in [0.4, 0.5) is 13.6 Å². The zero-order chi connectivity index (χ0) is 16.7. The summed E-state index contributed by atoms with van der Waals surface area (Å²) in [7, 11) is 0. The minimum atomic E-state index is -0.604. The molecule has 2 heterocycles. The van der Waals surface area contributed by atoms with Crippen molar-refractivity contribution >= 4 is 17.4 Å². The highest BCUT2D eigenvalue weighted by molar-refractivity contribution is 7.09. The lowest BCUT2D eigenvalue weighted by atomic mass is 9.99. The van der Waals surface area contributed by atoms with Crippen molar-refractivity contribution < 1.29 is 13.6 Å². The van der Waals surface area contributed by atoms with Gasteiger partial charge in [-0.1, -0.05) is 0 Å². The molecule has 1 N–H and O–H groups in total. The molecule has 1 aromatic carbocycles. The van der Waals surface area contributed by atoms with Gasteiger partial charge in [-0.15, -0.1) is 11.3 Å². The number of carbonyl (C=O) groups excluding carboxylic acids is 1. The van der Waals surface area contributed by atoms with Gasteiger partial charge in [-0.2, -0.15) is 0 Å². The van der Waals surface area contributed by atoms with E-state index in [1.165, 1.54) is 17.4 Å². The van der Waals surface area contributed by atoms with E-state index in [0.717, 1.165) is 23.9 Å². The van der Waals surface area contributed by atoms with E-state index in [-0.39, 0.29) is 18.6 Å². The maximum Gasteiger partial charge on any atom is 0.318 e. The summed E-state index contributed by atoms with van der Waals surface area (Å²) in [6.07, 6.45) is 4.32. The smallest absolute Gasteiger partial charge is 0.318 e. The van der Waals surface area contributed by atoms with Crippen LogP contribution in [0.2, 0.25) is 0 Å². The molecule has 2 aromatic rings. The summed E-state index contributed by atoms with van der Waals surface area (Å²) >= 11 is 1.54. The van der Waals surface area contributed by atoms with E-state index in [2.05, 4.69) is 10.3 Å². The molecule has 1 aromatic heterocycles. The molecule has 0 spiro atoms. The topological polar surface area (TPSA) is 45.2 Å². The molecule has 126 valence electrons. The molecule has 1 unspecified atom stereocenters. The Labute approximate surface area is 142 Å². The fourth-order valence-corrected chi connectivity index (χ4v) is 3.99. The van der Waals surface area contributed by atoms with Crippen molar-refractivity contribution in [2.45, 2.75) is 31.8 Å². The van der Waals surface area contributed by atoms with E-state index in [9.17, 15) is 13.6 Å². The van der Waals surface area contributed by atoms with Crippen LogP contribution in [-0.4, -0.2) is 22.5 Å². The number of urea groups is 1. The maximum atomic E-state index is 13.8. The van der Waals surface area contributed by atoms with Crippen molar-refractivity contribution in [1.82, 2.24) is 15.2 Å². The quantitative estimate of drug-likeness (QED) is 0.919. The number of thiazole rings is 1. The molecule has 7 heteroatoms. The largest absolute Gasteiger partial charge is 0.328 e. The summed E-state index contributed by atoms with van der Waals surface area (Å²) < 4.78 is 27.2. The number of hydrogen-bond donors (Lipinski definition) is 1. The molecule has 0 radical (unpaired) electrons. The lowest BCUT2D eigenvalue weighted by Gasteiger charge is -2.30. The van der Waals surface area contributed by atoms with Gasteiger partial charge in [0.1, 0.15) is 16.6 Å². The summed E-state index contributed by atoms with van der Waals surface area (Å²) in [5, 5.41) is 5.88. The predicted molar refractivity (Wildman–Crippen MR) is 86.6 cm³/mol. The number of benzene rings is 1. The second kappa shape index (κ2) is 6.12. The Bertz CT molecular complexity index is 761. The number of aromatic nitrogens is 1. The number of rotatable bonds is 3. The Hall–Kier alpha value is -2.02. The van der Waals surface area contributed by atoms with Crippen molar-refractivity contribution in [3.8, 4) is 0 Å². The number of nitrogens with one attached hydrogen (secondary N) is 1. The molecule has 1 fully saturated rings. The zero-order valence-corrected chi connectivity index (χ0v) is 13.8. The van der Waals surface area contributed by atoms with Crippen molar-refractivity contribution in [3.05, 3.63) is 51.5 Å². The Balaban J connectivity index is 1.49. The van der Waals surface area contributed by atoms with E-state index in [1.54, 1.807) is 11.1 Å². The van der Waals surface area contributed by atoms with Crippen LogP contribution in [0, 0.1) is 17.6 Å². The average molecular weight is 349 g/mol. The second-order valence-electron chi connectivity index (χ2n) is 6.33. The van der Waals surface area contributed by atoms with E-state index >= 15 is 0 Å². The third-order valence-corrected chi connectivity index (χ3v) is 5.48. The maximum absolute atomic E-state index is 13.8. The van der Waals surface area contributed by atoms with E-state index in [4.69, 9.17) is 0 Å². The third kappa shape index (κ3) is 3.00. The second-order valence-corrected chi connectivity index (χ2v) is 7.26. The lowest BCUT2D eigenvalue weighted by molar-refractivity contribution is 0.186. The van der Waals surface area contributed by atoms with Gasteiger partial charge in [0.05, 0.1) is 6.04 Å². The van der Waals surface area contributed by atoms with E-state index in [0.29, 0.717) is 30.0 Å². The Morgan fingerprint density at radius 1 is 1.38 bits per heavy atom. The van der Waals surface area contributed by atoms with Gasteiger partial charge >= 0.3 is 6.03 Å². The number of hydrogen-bond acceptors (Lipinski definition) is 3. The van der Waals surface area contributed by atoms with Crippen molar-refractivity contribution in [2.75, 3.05) is 6.54 Å². The standard InChI is InChI=1S/C17H17F2N3OS/c18-12-7-11-9-22(5-3-13(11)14(19)8-12)17(23)21-15(10-1-2-10)16-20-4-6-24-16/h4,6-8,10,15H,1-3,5,9H2,(H,21,23). The van der Waals surface area contributed by atoms with Gasteiger partial charge in [-0.25, -0.2) is 18.6 Å². The summed E-state index contributed by atoms with van der Waals surface area (Å²) in [5.41, 5.74) is 1.06. The molecule has 1 atom stereocenters. The van der Waals surface area contributed by atoms with E-state index in [1.807, 2.05) is 5.38 Å². The highest BCUT2D eigenvalue weighted by Crippen LogP contribution is 2.41. The van der Waals surface area contributed by atoms with Gasteiger partial charge in [0.25, 0.3) is 0 Å². The number of fused-ring (bicyclic) bond motifs is 1. The van der Waals surface area contributed by atoms with Gasteiger partial charge in [0.2, 0.25) is 0 Å². The molecule has 0 bridgehead atoms. The SMILES string of the molecule is O=C(NC(c1nccs1)C1CC1)N1CCc2c(F)cc(F)cc2C1. The fraction of sp³-hybridized carbons (Fsp3) is 0.412. The normalized spacial score (nSPS) is 18.2. The molecule has 2 aliphatic rings. The number of halogens is 2. The predicted octanol–water partition coefficient (Wildman–Crippen LogP) is 3.64. The first-order chi connectivity index (χ1) is 11.6. The number of carbonyl (C=O) groups is 1. The Morgan fingerprint density at radius 3 is 2.92 bits per heavy atom. The molecular formula is C17H17F2N3OS. The van der Waals surface area contributed by atoms with Crippen LogP contribution >= 0.6 is 11.3 Å². The van der Waals surface area contributed by atoms with Crippen LogP contribution in [0.5, 0.6) is 0 Å². The van der Waals surface area contributed by atoms with Gasteiger partial charge in [-0.05, 0) is 42.4 Å². The van der Waals surface area contributed by atoms with Crippen LogP contribution in [0.3, 0.4) is 0 Å². The average Bonchev–Trinajstić information content (AvgIpc) is 3.25. The van der Waals surface area contributed by atoms with Crippen LogP contribution in [0.1, 0.15) is 35.0 Å². The van der Waals surface area contributed by atoms with Gasteiger partial charge in [0, 0.05) is 30.7 Å². The highest BCUT2D eigenvalue weighted by atomic mass is 32.1. The fourth-order valence-electron chi connectivity index (χ4n) is 3.21. The molecule has 1 aliphatic carbocycles. The summed E-state index contributed by atoms with van der Waals surface area (Å²) in [5.74, 6) is -0.692. The van der Waals surface area contributed by atoms with Crippen molar-refractivity contribution in [1.29, 1.82) is 0 Å². The van der Waals surface area contributed by atoms with Crippen molar-refractivity contribution in [3.63, 3.8) is 0 Å². The Kier molecular flexibility index (Phi) is 3.96. The van der Waals surface area contributed by atoms with Crippen LogP contribution in [0.25, 0.3) is 0 Å². The number of nitrogens with zero attached hydrogens (tertiary/aromatic N) is 2. The first-order valence-corrected chi connectivity index (χ1v) is 8.91. The number of amides is 2. The monoisotopic (exact) mass is 349 g/mol. The molecular weight excluding hydrogens is 332 g/mol. The van der Waals surface area contributed by atoms with Crippen LogP contribution in [-0.2, 0) is 13.0 Å². The molecule has 0 saturated heterocycles. The van der Waals surface area contributed by atoms with Gasteiger partial charge in [0.15, 0.2) is 0 Å². The third-order valence-electron chi connectivity index (χ3n) is 4.62. The molecule has 1 aliphatic heterocycles. The molecule has 24 heavy (non-hydrogen) atoms. The molecule has 1 saturated carbocycles. The van der Waals surface area contributed by atoms with Crippen LogP contribution in [0.15, 0.2) is 23.7 Å². The molecule has 4 rings (SSSR count). The van der Waals surface area contributed by atoms with Crippen LogP contribution < -0.4 is 5.32 Å². The zero-order valence-electron chi connectivity index (χ0n) is 13.0. The minimum absolute atomic E-state index is 0.0665. The summed E-state index contributed by atoms with van der Waals surface area (Å²) in [6.45, 7) is 0.655. The van der Waals surface area contributed by atoms with Crippen molar-refractivity contribution in [2.24, 2.45) is 5.92 Å².